The molecule has 0 aromatic carbocycles. The molecule has 1 saturated heterocycles. The molecule has 0 atom stereocenters. The zero-order chi connectivity index (χ0) is 26.8. The van der Waals surface area contributed by atoms with Crippen LogP contribution in [0.25, 0.3) is 22.3 Å². The smallest absolute Gasteiger partial charge is 0.357 e. The summed E-state index contributed by atoms with van der Waals surface area (Å²) in [6.07, 6.45) is 10.3. The molecule has 5 heterocycles. The van der Waals surface area contributed by atoms with Gasteiger partial charge in [-0.2, -0.15) is 5.10 Å². The van der Waals surface area contributed by atoms with Gasteiger partial charge in [0, 0.05) is 38.9 Å². The van der Waals surface area contributed by atoms with Crippen molar-refractivity contribution in [3.05, 3.63) is 47.6 Å². The summed E-state index contributed by atoms with van der Waals surface area (Å²) in [6.45, 7) is 6.01. The SMILES string of the molecule is CCOC(=O)c1cc(N2CCC(COC)CC2)c2c(C3CCC3)nn(-c3ccnc(C4=CCOCC4)c3)c2n1. The third kappa shape index (κ3) is 5.17. The molecule has 2 aliphatic heterocycles. The van der Waals surface area contributed by atoms with Gasteiger partial charge in [0.1, 0.15) is 0 Å². The van der Waals surface area contributed by atoms with E-state index in [2.05, 4.69) is 22.0 Å². The lowest BCUT2D eigenvalue weighted by Gasteiger charge is -2.34. The summed E-state index contributed by atoms with van der Waals surface area (Å²) >= 11 is 0. The molecule has 0 bridgehead atoms. The summed E-state index contributed by atoms with van der Waals surface area (Å²) in [5.41, 5.74) is 6.13. The molecule has 206 valence electrons. The number of fused-ring (bicyclic) bond motifs is 1. The van der Waals surface area contributed by atoms with E-state index in [1.807, 2.05) is 29.9 Å². The number of ether oxygens (including phenoxy) is 3. The molecule has 0 amide bonds. The molecule has 3 aromatic rings. The molecule has 0 radical (unpaired) electrons. The maximum atomic E-state index is 13.0. The molecule has 9 heteroatoms. The van der Waals surface area contributed by atoms with E-state index in [1.54, 1.807) is 7.11 Å². The predicted octanol–water partition coefficient (Wildman–Crippen LogP) is 4.93. The zero-order valence-electron chi connectivity index (χ0n) is 22.9. The van der Waals surface area contributed by atoms with Gasteiger partial charge in [-0.15, -0.1) is 0 Å². The van der Waals surface area contributed by atoms with Crippen molar-refractivity contribution in [2.45, 2.75) is 51.4 Å². The molecule has 2 fully saturated rings. The Bertz CT molecular complexity index is 1370. The number of anilines is 1. The first-order valence-corrected chi connectivity index (χ1v) is 14.2. The maximum Gasteiger partial charge on any atom is 0.357 e. The number of pyridine rings is 2. The molecule has 9 nitrogen and oxygen atoms in total. The number of carbonyl (C=O) groups is 1. The van der Waals surface area contributed by atoms with Gasteiger partial charge in [0.2, 0.25) is 0 Å². The highest BCUT2D eigenvalue weighted by Crippen LogP contribution is 2.43. The van der Waals surface area contributed by atoms with Crippen LogP contribution in [0.1, 0.15) is 73.2 Å². The normalized spacial score (nSPS) is 18.7. The van der Waals surface area contributed by atoms with Crippen molar-refractivity contribution in [1.82, 2.24) is 19.7 Å². The fraction of sp³-hybridized carbons (Fsp3) is 0.533. The van der Waals surface area contributed by atoms with Crippen molar-refractivity contribution in [3.8, 4) is 5.69 Å². The molecule has 6 rings (SSSR count). The Hall–Kier alpha value is -3.30. The van der Waals surface area contributed by atoms with Gasteiger partial charge < -0.3 is 19.1 Å². The first-order valence-electron chi connectivity index (χ1n) is 14.2. The summed E-state index contributed by atoms with van der Waals surface area (Å²) in [6, 6.07) is 5.97. The van der Waals surface area contributed by atoms with Crippen LogP contribution in [0.3, 0.4) is 0 Å². The van der Waals surface area contributed by atoms with Crippen molar-refractivity contribution in [2.75, 3.05) is 51.5 Å². The molecule has 0 N–H and O–H groups in total. The van der Waals surface area contributed by atoms with Gasteiger partial charge in [-0.1, -0.05) is 12.5 Å². The van der Waals surface area contributed by atoms with E-state index < -0.39 is 5.97 Å². The van der Waals surface area contributed by atoms with E-state index in [1.165, 1.54) is 12.0 Å². The van der Waals surface area contributed by atoms with Crippen LogP contribution >= 0.6 is 0 Å². The largest absolute Gasteiger partial charge is 0.461 e. The molecular formula is C30H37N5O4. The van der Waals surface area contributed by atoms with Crippen LogP contribution in [-0.2, 0) is 14.2 Å². The van der Waals surface area contributed by atoms with E-state index in [0.717, 1.165) is 79.9 Å². The minimum atomic E-state index is -0.407. The Morgan fingerprint density at radius 1 is 1.18 bits per heavy atom. The molecule has 1 saturated carbocycles. The number of methoxy groups -OCH3 is 1. The minimum Gasteiger partial charge on any atom is -0.461 e. The molecule has 39 heavy (non-hydrogen) atoms. The van der Waals surface area contributed by atoms with Crippen LogP contribution in [0.5, 0.6) is 0 Å². The molecule has 0 unspecified atom stereocenters. The van der Waals surface area contributed by atoms with Gasteiger partial charge in [-0.05, 0) is 68.7 Å². The highest BCUT2D eigenvalue weighted by atomic mass is 16.5. The van der Waals surface area contributed by atoms with Crippen molar-refractivity contribution in [2.24, 2.45) is 5.92 Å². The summed E-state index contributed by atoms with van der Waals surface area (Å²) < 4.78 is 18.2. The highest BCUT2D eigenvalue weighted by molar-refractivity contribution is 5.99. The van der Waals surface area contributed by atoms with Crippen LogP contribution in [-0.4, -0.2) is 72.3 Å². The predicted molar refractivity (Wildman–Crippen MR) is 149 cm³/mol. The van der Waals surface area contributed by atoms with E-state index in [0.29, 0.717) is 43.0 Å². The lowest BCUT2D eigenvalue weighted by atomic mass is 9.82. The first-order chi connectivity index (χ1) is 19.2. The standard InChI is InChI=1S/C30H37N5O4/c1-3-39-30(36)25-18-26(34-13-8-20(9-14-34)19-37-2)27-28(22-5-4-6-22)33-35(29(27)32-25)23-7-12-31-24(17-23)21-10-15-38-16-11-21/h7,10,12,17-18,20,22H,3-6,8-9,11,13-16,19H2,1-2H3. The number of piperidine rings is 1. The molecule has 3 aliphatic rings. The van der Waals surface area contributed by atoms with Gasteiger partial charge in [0.15, 0.2) is 11.3 Å². The number of esters is 1. The Kier molecular flexibility index (Phi) is 7.61. The second-order valence-corrected chi connectivity index (χ2v) is 10.7. The van der Waals surface area contributed by atoms with Gasteiger partial charge in [0.25, 0.3) is 0 Å². The lowest BCUT2D eigenvalue weighted by Crippen LogP contribution is -2.35. The lowest BCUT2D eigenvalue weighted by molar-refractivity contribution is 0.0520. The van der Waals surface area contributed by atoms with E-state index in [-0.39, 0.29) is 0 Å². The van der Waals surface area contributed by atoms with E-state index >= 15 is 0 Å². The molecule has 1 aliphatic carbocycles. The van der Waals surface area contributed by atoms with E-state index in [4.69, 9.17) is 24.3 Å². The minimum absolute atomic E-state index is 0.301. The van der Waals surface area contributed by atoms with Crippen LogP contribution in [0.15, 0.2) is 30.5 Å². The van der Waals surface area contributed by atoms with Gasteiger partial charge >= 0.3 is 5.97 Å². The highest BCUT2D eigenvalue weighted by Gasteiger charge is 2.31. The maximum absolute atomic E-state index is 13.0. The van der Waals surface area contributed by atoms with Crippen LogP contribution in [0.2, 0.25) is 0 Å². The number of aromatic nitrogens is 4. The molecule has 3 aromatic heterocycles. The van der Waals surface area contributed by atoms with Gasteiger partial charge in [-0.25, -0.2) is 14.5 Å². The van der Waals surface area contributed by atoms with Gasteiger partial charge in [-0.3, -0.25) is 4.98 Å². The third-order valence-electron chi connectivity index (χ3n) is 8.26. The average Bonchev–Trinajstić information content (AvgIpc) is 3.32. The number of nitrogens with zero attached hydrogens (tertiary/aromatic N) is 5. The van der Waals surface area contributed by atoms with Crippen LogP contribution in [0, 0.1) is 5.92 Å². The summed E-state index contributed by atoms with van der Waals surface area (Å²) in [5, 5.41) is 6.25. The fourth-order valence-corrected chi connectivity index (χ4v) is 5.89. The second-order valence-electron chi connectivity index (χ2n) is 10.7. The van der Waals surface area contributed by atoms with E-state index in [9.17, 15) is 4.79 Å². The quantitative estimate of drug-likeness (QED) is 0.378. The van der Waals surface area contributed by atoms with Crippen molar-refractivity contribution >= 4 is 28.3 Å². The molecular weight excluding hydrogens is 494 g/mol. The Morgan fingerprint density at radius 2 is 2.03 bits per heavy atom. The Labute approximate surface area is 229 Å². The number of hydrogen-bond donors (Lipinski definition) is 0. The first kappa shape index (κ1) is 26.0. The zero-order valence-corrected chi connectivity index (χ0v) is 22.9. The summed E-state index contributed by atoms with van der Waals surface area (Å²) in [7, 11) is 1.77. The second kappa shape index (κ2) is 11.4. The number of rotatable bonds is 8. The van der Waals surface area contributed by atoms with Crippen LogP contribution < -0.4 is 4.90 Å². The summed E-state index contributed by atoms with van der Waals surface area (Å²) in [4.78, 5) is 24.9. The topological polar surface area (TPSA) is 91.6 Å². The van der Waals surface area contributed by atoms with Gasteiger partial charge in [0.05, 0.1) is 48.0 Å². The number of carbonyl (C=O) groups excluding carboxylic acids is 1. The van der Waals surface area contributed by atoms with Crippen molar-refractivity contribution in [3.63, 3.8) is 0 Å². The fourth-order valence-electron chi connectivity index (χ4n) is 5.89. The average molecular weight is 532 g/mol. The summed E-state index contributed by atoms with van der Waals surface area (Å²) in [5.74, 6) is 0.542. The van der Waals surface area contributed by atoms with Crippen molar-refractivity contribution in [1.29, 1.82) is 0 Å². The third-order valence-corrected chi connectivity index (χ3v) is 8.26. The monoisotopic (exact) mass is 531 g/mol. The molecule has 0 spiro atoms. The Balaban J connectivity index is 1.50. The van der Waals surface area contributed by atoms with Crippen molar-refractivity contribution < 1.29 is 19.0 Å². The van der Waals surface area contributed by atoms with Crippen LogP contribution in [0.4, 0.5) is 5.69 Å². The Morgan fingerprint density at radius 3 is 2.72 bits per heavy atom. The number of hydrogen-bond acceptors (Lipinski definition) is 8.